The van der Waals surface area contributed by atoms with E-state index in [2.05, 4.69) is 77.4 Å². The van der Waals surface area contributed by atoms with Gasteiger partial charge < -0.3 is 10.2 Å². The van der Waals surface area contributed by atoms with E-state index in [1.807, 2.05) is 6.20 Å². The third-order valence-electron chi connectivity index (χ3n) is 3.66. The molecule has 0 amide bonds. The van der Waals surface area contributed by atoms with Crippen LogP contribution in [0.25, 0.3) is 0 Å². The van der Waals surface area contributed by atoms with Gasteiger partial charge in [-0.3, -0.25) is 0 Å². The van der Waals surface area contributed by atoms with E-state index in [1.54, 1.807) is 0 Å². The molecule has 0 saturated carbocycles. The lowest BCUT2D eigenvalue weighted by Crippen LogP contribution is -2.18. The van der Waals surface area contributed by atoms with Crippen molar-refractivity contribution >= 4 is 43.4 Å². The van der Waals surface area contributed by atoms with Crippen LogP contribution in [0.1, 0.15) is 18.4 Å². The molecule has 110 valence electrons. The normalized spacial score (nSPS) is 14.5. The molecule has 1 saturated heterocycles. The van der Waals surface area contributed by atoms with Gasteiger partial charge in [-0.15, -0.1) is 0 Å². The van der Waals surface area contributed by atoms with Crippen molar-refractivity contribution in [2.24, 2.45) is 0 Å². The molecule has 0 unspecified atom stereocenters. The van der Waals surface area contributed by atoms with Gasteiger partial charge in [0.05, 0.1) is 11.9 Å². The summed E-state index contributed by atoms with van der Waals surface area (Å²) in [6, 6.07) is 10.5. The summed E-state index contributed by atoms with van der Waals surface area (Å²) in [5.41, 5.74) is 2.28. The Labute approximate surface area is 142 Å². The molecule has 1 aromatic carbocycles. The van der Waals surface area contributed by atoms with E-state index in [0.29, 0.717) is 0 Å². The molecule has 1 aliphatic rings. The number of hydrogen-bond acceptors (Lipinski definition) is 3. The summed E-state index contributed by atoms with van der Waals surface area (Å²) >= 11 is 7.01. The molecule has 0 radical (unpaired) electrons. The van der Waals surface area contributed by atoms with Crippen molar-refractivity contribution in [3.8, 4) is 0 Å². The van der Waals surface area contributed by atoms with Crippen LogP contribution in [0.3, 0.4) is 0 Å². The zero-order valence-corrected chi connectivity index (χ0v) is 14.8. The highest BCUT2D eigenvalue weighted by Crippen LogP contribution is 2.24. The Morgan fingerprint density at radius 3 is 2.52 bits per heavy atom. The number of benzene rings is 1. The van der Waals surface area contributed by atoms with Crippen molar-refractivity contribution < 1.29 is 0 Å². The number of nitrogens with zero attached hydrogens (tertiary/aromatic N) is 2. The number of pyridine rings is 1. The van der Waals surface area contributed by atoms with Crippen LogP contribution < -0.4 is 10.2 Å². The molecule has 0 atom stereocenters. The van der Waals surface area contributed by atoms with Gasteiger partial charge in [-0.2, -0.15) is 0 Å². The van der Waals surface area contributed by atoms with Crippen molar-refractivity contribution in [3.05, 3.63) is 51.0 Å². The lowest BCUT2D eigenvalue weighted by molar-refractivity contribution is 0.937. The molecule has 21 heavy (non-hydrogen) atoms. The molecule has 0 bridgehead atoms. The summed E-state index contributed by atoms with van der Waals surface area (Å²) in [6.07, 6.45) is 4.47. The van der Waals surface area contributed by atoms with Crippen LogP contribution in [0.2, 0.25) is 0 Å². The Hall–Kier alpha value is -1.07. The molecule has 0 spiro atoms. The fraction of sp³-hybridized carbons (Fsp3) is 0.312. The third-order valence-corrected chi connectivity index (χ3v) is 5.54. The Kier molecular flexibility index (Phi) is 4.80. The van der Waals surface area contributed by atoms with Crippen molar-refractivity contribution in [1.29, 1.82) is 0 Å². The fourth-order valence-corrected chi connectivity index (χ4v) is 3.15. The van der Waals surface area contributed by atoms with Crippen LogP contribution in [0, 0.1) is 0 Å². The van der Waals surface area contributed by atoms with Gasteiger partial charge in [0, 0.05) is 28.6 Å². The first kappa shape index (κ1) is 14.9. The lowest BCUT2D eigenvalue weighted by atomic mass is 10.2. The predicted octanol–water partition coefficient (Wildman–Crippen LogP) is 4.82. The van der Waals surface area contributed by atoms with E-state index in [-0.39, 0.29) is 0 Å². The van der Waals surface area contributed by atoms with E-state index in [9.17, 15) is 0 Å². The average molecular weight is 411 g/mol. The van der Waals surface area contributed by atoms with Gasteiger partial charge in [-0.25, -0.2) is 4.98 Å². The molecule has 3 nitrogen and oxygen atoms in total. The van der Waals surface area contributed by atoms with Gasteiger partial charge in [0.2, 0.25) is 0 Å². The highest BCUT2D eigenvalue weighted by molar-refractivity contribution is 9.13. The van der Waals surface area contributed by atoms with Crippen molar-refractivity contribution in [1.82, 2.24) is 4.98 Å². The second-order valence-electron chi connectivity index (χ2n) is 5.20. The molecule has 1 aliphatic heterocycles. The van der Waals surface area contributed by atoms with Crippen LogP contribution in [-0.2, 0) is 6.54 Å². The van der Waals surface area contributed by atoms with Gasteiger partial charge in [-0.05, 0) is 74.5 Å². The molecular weight excluding hydrogens is 394 g/mol. The maximum atomic E-state index is 4.55. The van der Waals surface area contributed by atoms with Crippen molar-refractivity contribution in [2.75, 3.05) is 23.3 Å². The maximum absolute atomic E-state index is 4.55. The standard InChI is InChI=1S/C16H17Br2N3/c17-14-5-3-12(9-15(14)18)10-19-13-4-6-16(20-11-13)21-7-1-2-8-21/h3-6,9,11,19H,1-2,7-8,10H2. The second-order valence-corrected chi connectivity index (χ2v) is 6.91. The van der Waals surface area contributed by atoms with E-state index in [1.165, 1.54) is 18.4 Å². The summed E-state index contributed by atoms with van der Waals surface area (Å²) in [5, 5.41) is 3.41. The molecule has 1 aromatic heterocycles. The number of halogens is 2. The number of aromatic nitrogens is 1. The Bertz CT molecular complexity index is 607. The number of hydrogen-bond donors (Lipinski definition) is 1. The highest BCUT2D eigenvalue weighted by Gasteiger charge is 2.12. The smallest absolute Gasteiger partial charge is 0.128 e. The van der Waals surface area contributed by atoms with Gasteiger partial charge >= 0.3 is 0 Å². The summed E-state index contributed by atoms with van der Waals surface area (Å²) in [6.45, 7) is 3.05. The van der Waals surface area contributed by atoms with Gasteiger partial charge in [0.15, 0.2) is 0 Å². The Morgan fingerprint density at radius 1 is 1.05 bits per heavy atom. The largest absolute Gasteiger partial charge is 0.380 e. The minimum absolute atomic E-state index is 0.788. The first-order chi connectivity index (χ1) is 10.2. The van der Waals surface area contributed by atoms with Gasteiger partial charge in [0.25, 0.3) is 0 Å². The molecule has 5 heteroatoms. The minimum atomic E-state index is 0.788. The highest BCUT2D eigenvalue weighted by atomic mass is 79.9. The minimum Gasteiger partial charge on any atom is -0.380 e. The van der Waals surface area contributed by atoms with E-state index < -0.39 is 0 Å². The monoisotopic (exact) mass is 409 g/mol. The van der Waals surface area contributed by atoms with Crippen molar-refractivity contribution in [2.45, 2.75) is 19.4 Å². The van der Waals surface area contributed by atoms with Crippen LogP contribution in [0.15, 0.2) is 45.5 Å². The zero-order chi connectivity index (χ0) is 14.7. The second kappa shape index (κ2) is 6.79. The number of rotatable bonds is 4. The average Bonchev–Trinajstić information content (AvgIpc) is 3.03. The molecule has 0 aliphatic carbocycles. The summed E-state index contributed by atoms with van der Waals surface area (Å²) in [4.78, 5) is 6.89. The van der Waals surface area contributed by atoms with Gasteiger partial charge in [0.1, 0.15) is 5.82 Å². The van der Waals surface area contributed by atoms with E-state index >= 15 is 0 Å². The summed E-state index contributed by atoms with van der Waals surface area (Å²) < 4.78 is 2.15. The summed E-state index contributed by atoms with van der Waals surface area (Å²) in [7, 11) is 0. The molecular formula is C16H17Br2N3. The SMILES string of the molecule is Brc1ccc(CNc2ccc(N3CCCC3)nc2)cc1Br. The quantitative estimate of drug-likeness (QED) is 0.783. The first-order valence-corrected chi connectivity index (χ1v) is 8.70. The molecule has 2 aromatic rings. The molecule has 2 heterocycles. The Morgan fingerprint density at radius 2 is 1.86 bits per heavy atom. The zero-order valence-electron chi connectivity index (χ0n) is 11.6. The topological polar surface area (TPSA) is 28.2 Å². The van der Waals surface area contributed by atoms with Crippen LogP contribution in [0.4, 0.5) is 11.5 Å². The summed E-state index contributed by atoms with van der Waals surface area (Å²) in [5.74, 6) is 1.09. The molecule has 1 fully saturated rings. The number of nitrogens with one attached hydrogen (secondary N) is 1. The van der Waals surface area contributed by atoms with Crippen LogP contribution >= 0.6 is 31.9 Å². The maximum Gasteiger partial charge on any atom is 0.128 e. The fourth-order valence-electron chi connectivity index (χ4n) is 2.48. The Balaban J connectivity index is 1.61. The van der Waals surface area contributed by atoms with Crippen LogP contribution in [-0.4, -0.2) is 18.1 Å². The van der Waals surface area contributed by atoms with Gasteiger partial charge in [-0.1, -0.05) is 6.07 Å². The third kappa shape index (κ3) is 3.77. The number of anilines is 2. The van der Waals surface area contributed by atoms with Crippen molar-refractivity contribution in [3.63, 3.8) is 0 Å². The first-order valence-electron chi connectivity index (χ1n) is 7.11. The van der Waals surface area contributed by atoms with Crippen LogP contribution in [0.5, 0.6) is 0 Å². The molecule has 3 rings (SSSR count). The molecule has 1 N–H and O–H groups in total. The van der Waals surface area contributed by atoms with E-state index in [0.717, 1.165) is 40.1 Å². The lowest BCUT2D eigenvalue weighted by Gasteiger charge is -2.16. The predicted molar refractivity (Wildman–Crippen MR) is 94.9 cm³/mol. The van der Waals surface area contributed by atoms with E-state index in [4.69, 9.17) is 0 Å².